The van der Waals surface area contributed by atoms with Gasteiger partial charge in [-0.05, 0) is 12.3 Å². The van der Waals surface area contributed by atoms with Crippen LogP contribution in [0, 0.1) is 5.41 Å². The highest BCUT2D eigenvalue weighted by atomic mass is 16.2. The predicted molar refractivity (Wildman–Crippen MR) is 68.4 cm³/mol. The molecular formula is C12H25N3O2. The lowest BCUT2D eigenvalue weighted by atomic mass is 9.92. The molecule has 0 aromatic rings. The Hall–Kier alpha value is -1.10. The molecule has 0 bridgehead atoms. The summed E-state index contributed by atoms with van der Waals surface area (Å²) in [6.07, 6.45) is 0.413. The molecular weight excluding hydrogens is 218 g/mol. The average Bonchev–Trinajstić information content (AvgIpc) is 2.21. The molecule has 5 heteroatoms. The van der Waals surface area contributed by atoms with Crippen molar-refractivity contribution >= 4 is 11.8 Å². The van der Waals surface area contributed by atoms with Crippen LogP contribution in [0.2, 0.25) is 0 Å². The van der Waals surface area contributed by atoms with Gasteiger partial charge in [-0.3, -0.25) is 9.59 Å². The molecule has 0 rings (SSSR count). The predicted octanol–water partition coefficient (Wildman–Crippen LogP) is 0.344. The fourth-order valence-electron chi connectivity index (χ4n) is 1.25. The summed E-state index contributed by atoms with van der Waals surface area (Å²) in [5.74, 6) is -0.218. The number of likely N-dealkylation sites (N-methyl/N-ethyl adjacent to an activating group) is 1. The third-order valence-electron chi connectivity index (χ3n) is 2.52. The fourth-order valence-corrected chi connectivity index (χ4v) is 1.25. The smallest absolute Gasteiger partial charge is 0.241 e. The Morgan fingerprint density at radius 1 is 1.35 bits per heavy atom. The largest absolute Gasteiger partial charge is 0.347 e. The van der Waals surface area contributed by atoms with Crippen LogP contribution in [-0.2, 0) is 9.59 Å². The lowest BCUT2D eigenvalue weighted by Gasteiger charge is -2.24. The van der Waals surface area contributed by atoms with E-state index in [0.717, 1.165) is 0 Å². The number of nitrogens with two attached hydrogens (primary N) is 1. The van der Waals surface area contributed by atoms with Crippen molar-refractivity contribution in [3.63, 3.8) is 0 Å². The second-order valence-corrected chi connectivity index (χ2v) is 5.60. The highest BCUT2D eigenvalue weighted by Crippen LogP contribution is 2.17. The van der Waals surface area contributed by atoms with E-state index in [9.17, 15) is 9.59 Å². The van der Waals surface area contributed by atoms with Gasteiger partial charge < -0.3 is 16.0 Å². The van der Waals surface area contributed by atoms with E-state index in [2.05, 4.69) is 5.32 Å². The summed E-state index contributed by atoms with van der Waals surface area (Å²) in [5, 5.41) is 2.63. The van der Waals surface area contributed by atoms with Gasteiger partial charge >= 0.3 is 0 Å². The quantitative estimate of drug-likeness (QED) is 0.731. The molecule has 0 spiro atoms. The van der Waals surface area contributed by atoms with E-state index in [4.69, 9.17) is 5.73 Å². The summed E-state index contributed by atoms with van der Waals surface area (Å²) in [7, 11) is 1.69. The van der Waals surface area contributed by atoms with Gasteiger partial charge in [0, 0.05) is 26.1 Å². The van der Waals surface area contributed by atoms with Crippen molar-refractivity contribution in [1.82, 2.24) is 10.2 Å². The van der Waals surface area contributed by atoms with Crippen LogP contribution in [0.25, 0.3) is 0 Å². The average molecular weight is 243 g/mol. The van der Waals surface area contributed by atoms with Gasteiger partial charge in [-0.25, -0.2) is 0 Å². The minimum atomic E-state index is -0.120. The summed E-state index contributed by atoms with van der Waals surface area (Å²) in [4.78, 5) is 24.7. The normalized spacial score (nSPS) is 13.1. The minimum absolute atomic E-state index is 0.0120. The van der Waals surface area contributed by atoms with Crippen LogP contribution in [0.15, 0.2) is 0 Å². The van der Waals surface area contributed by atoms with Gasteiger partial charge in [0.15, 0.2) is 0 Å². The summed E-state index contributed by atoms with van der Waals surface area (Å²) in [6.45, 7) is 8.27. The molecule has 100 valence electrons. The molecule has 0 radical (unpaired) electrons. The molecule has 0 aliphatic rings. The first-order valence-electron chi connectivity index (χ1n) is 5.90. The Balaban J connectivity index is 4.04. The Bertz CT molecular complexity index is 271. The van der Waals surface area contributed by atoms with E-state index >= 15 is 0 Å². The van der Waals surface area contributed by atoms with Crippen LogP contribution in [0.4, 0.5) is 0 Å². The number of carbonyl (C=O) groups is 2. The maximum atomic E-state index is 11.7. The number of rotatable bonds is 5. The zero-order valence-corrected chi connectivity index (χ0v) is 11.5. The van der Waals surface area contributed by atoms with Crippen LogP contribution in [0.5, 0.6) is 0 Å². The van der Waals surface area contributed by atoms with Gasteiger partial charge in [-0.2, -0.15) is 0 Å². The molecule has 0 heterocycles. The van der Waals surface area contributed by atoms with E-state index < -0.39 is 0 Å². The molecule has 2 amide bonds. The Labute approximate surface area is 104 Å². The van der Waals surface area contributed by atoms with E-state index in [1.165, 1.54) is 0 Å². The molecule has 1 unspecified atom stereocenters. The van der Waals surface area contributed by atoms with Crippen LogP contribution in [0.1, 0.15) is 34.1 Å². The summed E-state index contributed by atoms with van der Waals surface area (Å²) in [5.41, 5.74) is 5.40. The highest BCUT2D eigenvalue weighted by molar-refractivity contribution is 5.84. The zero-order chi connectivity index (χ0) is 13.6. The molecule has 0 aliphatic heterocycles. The summed E-state index contributed by atoms with van der Waals surface area (Å²) in [6, 6.07) is -0.0120. The topological polar surface area (TPSA) is 75.4 Å². The standard InChI is InChI=1S/C12H25N3O2/c1-9(7-13)15(5)11(17)8-14-10(16)6-12(2,3)4/h9H,6-8,13H2,1-5H3,(H,14,16). The van der Waals surface area contributed by atoms with Crippen molar-refractivity contribution in [2.45, 2.75) is 40.2 Å². The van der Waals surface area contributed by atoms with Crippen LogP contribution < -0.4 is 11.1 Å². The van der Waals surface area contributed by atoms with Crippen molar-refractivity contribution < 1.29 is 9.59 Å². The van der Waals surface area contributed by atoms with Crippen LogP contribution in [-0.4, -0.2) is 42.9 Å². The first-order chi connectivity index (χ1) is 7.67. The number of nitrogens with one attached hydrogen (secondary N) is 1. The third kappa shape index (κ3) is 6.94. The first kappa shape index (κ1) is 15.9. The van der Waals surface area contributed by atoms with Crippen LogP contribution in [0.3, 0.4) is 0 Å². The van der Waals surface area contributed by atoms with E-state index in [0.29, 0.717) is 13.0 Å². The second kappa shape index (κ2) is 6.59. The fraction of sp³-hybridized carbons (Fsp3) is 0.833. The molecule has 0 aromatic carbocycles. The van der Waals surface area contributed by atoms with E-state index in [-0.39, 0.29) is 29.8 Å². The summed E-state index contributed by atoms with van der Waals surface area (Å²) < 4.78 is 0. The van der Waals surface area contributed by atoms with Gasteiger partial charge in [-0.15, -0.1) is 0 Å². The number of carbonyl (C=O) groups excluding carboxylic acids is 2. The number of hydrogen-bond acceptors (Lipinski definition) is 3. The Kier molecular flexibility index (Phi) is 6.16. The van der Waals surface area contributed by atoms with Gasteiger partial charge in [-0.1, -0.05) is 20.8 Å². The molecule has 0 aromatic heterocycles. The van der Waals surface area contributed by atoms with Gasteiger partial charge in [0.05, 0.1) is 6.54 Å². The highest BCUT2D eigenvalue weighted by Gasteiger charge is 2.18. The van der Waals surface area contributed by atoms with Crippen molar-refractivity contribution in [1.29, 1.82) is 0 Å². The monoisotopic (exact) mass is 243 g/mol. The van der Waals surface area contributed by atoms with Crippen molar-refractivity contribution in [3.05, 3.63) is 0 Å². The zero-order valence-electron chi connectivity index (χ0n) is 11.5. The number of nitrogens with zero attached hydrogens (tertiary/aromatic N) is 1. The Morgan fingerprint density at radius 3 is 2.29 bits per heavy atom. The molecule has 0 saturated heterocycles. The van der Waals surface area contributed by atoms with Gasteiger partial charge in [0.1, 0.15) is 0 Å². The molecule has 5 nitrogen and oxygen atoms in total. The lowest BCUT2D eigenvalue weighted by molar-refractivity contribution is -0.133. The van der Waals surface area contributed by atoms with Crippen molar-refractivity contribution in [2.75, 3.05) is 20.1 Å². The first-order valence-corrected chi connectivity index (χ1v) is 5.90. The lowest BCUT2D eigenvalue weighted by Crippen LogP contribution is -2.45. The SMILES string of the molecule is CC(CN)N(C)C(=O)CNC(=O)CC(C)(C)C. The molecule has 3 N–H and O–H groups in total. The number of amides is 2. The molecule has 0 fully saturated rings. The maximum Gasteiger partial charge on any atom is 0.241 e. The van der Waals surface area contributed by atoms with Gasteiger partial charge in [0.2, 0.25) is 11.8 Å². The molecule has 0 aliphatic carbocycles. The Morgan fingerprint density at radius 2 is 1.88 bits per heavy atom. The molecule has 1 atom stereocenters. The number of hydrogen-bond donors (Lipinski definition) is 2. The molecule has 0 saturated carbocycles. The van der Waals surface area contributed by atoms with Crippen molar-refractivity contribution in [3.8, 4) is 0 Å². The molecule has 17 heavy (non-hydrogen) atoms. The maximum absolute atomic E-state index is 11.7. The van der Waals surface area contributed by atoms with E-state index in [1.54, 1.807) is 11.9 Å². The van der Waals surface area contributed by atoms with Crippen molar-refractivity contribution in [2.24, 2.45) is 11.1 Å². The second-order valence-electron chi connectivity index (χ2n) is 5.60. The van der Waals surface area contributed by atoms with Crippen LogP contribution >= 0.6 is 0 Å². The summed E-state index contributed by atoms with van der Waals surface area (Å²) >= 11 is 0. The minimum Gasteiger partial charge on any atom is -0.347 e. The third-order valence-corrected chi connectivity index (χ3v) is 2.52. The van der Waals surface area contributed by atoms with E-state index in [1.807, 2.05) is 27.7 Å². The van der Waals surface area contributed by atoms with Gasteiger partial charge in [0.25, 0.3) is 0 Å².